The number of hydrogen-bond donors (Lipinski definition) is 1. The van der Waals surface area contributed by atoms with Crippen LogP contribution in [0.25, 0.3) is 0 Å². The van der Waals surface area contributed by atoms with Gasteiger partial charge in [0.15, 0.2) is 30.5 Å². The van der Waals surface area contributed by atoms with Gasteiger partial charge in [0.2, 0.25) is 5.91 Å². The smallest absolute Gasteiger partial charge is 0.265 e. The van der Waals surface area contributed by atoms with Crippen molar-refractivity contribution in [2.75, 3.05) is 38.3 Å². The van der Waals surface area contributed by atoms with Gasteiger partial charge in [0, 0.05) is 12.1 Å². The zero-order chi connectivity index (χ0) is 21.8. The van der Waals surface area contributed by atoms with Crippen LogP contribution in [0.15, 0.2) is 42.5 Å². The zero-order valence-corrected chi connectivity index (χ0v) is 17.3. The quantitative estimate of drug-likeness (QED) is 0.621. The van der Waals surface area contributed by atoms with E-state index in [1.165, 1.54) is 12.0 Å². The normalized spacial score (nSPS) is 15.0. The number of methoxy groups -OCH3 is 1. The number of amides is 2. The van der Waals surface area contributed by atoms with Crippen molar-refractivity contribution < 1.29 is 28.6 Å². The van der Waals surface area contributed by atoms with Gasteiger partial charge in [0.05, 0.1) is 12.8 Å². The van der Waals surface area contributed by atoms with Crippen LogP contribution in [0.3, 0.4) is 0 Å². The number of rotatable bonds is 9. The third kappa shape index (κ3) is 4.96. The first-order chi connectivity index (χ1) is 15.0. The molecule has 0 aromatic heterocycles. The van der Waals surface area contributed by atoms with Crippen LogP contribution in [-0.2, 0) is 9.59 Å². The second-order valence-corrected chi connectivity index (χ2v) is 7.56. The maximum absolute atomic E-state index is 12.7. The number of ether oxygens (including phenoxy) is 3. The lowest BCUT2D eigenvalue weighted by atomic mass is 10.1. The molecule has 0 radical (unpaired) electrons. The van der Waals surface area contributed by atoms with Crippen molar-refractivity contribution in [3.8, 4) is 17.2 Å². The Bertz CT molecular complexity index is 1000. The number of nitrogens with zero attached hydrogens (tertiary/aromatic N) is 1. The fourth-order valence-electron chi connectivity index (χ4n) is 3.29. The molecule has 162 valence electrons. The summed E-state index contributed by atoms with van der Waals surface area (Å²) >= 11 is 0. The van der Waals surface area contributed by atoms with Crippen LogP contribution < -0.4 is 24.4 Å². The van der Waals surface area contributed by atoms with Crippen LogP contribution >= 0.6 is 0 Å². The van der Waals surface area contributed by atoms with Crippen molar-refractivity contribution in [2.45, 2.75) is 12.8 Å². The molecule has 8 heteroatoms. The molecular weight excluding hydrogens is 400 g/mol. The number of carbonyl (C=O) groups excluding carboxylic acids is 3. The lowest BCUT2D eigenvalue weighted by molar-refractivity contribution is -0.125. The van der Waals surface area contributed by atoms with Crippen molar-refractivity contribution in [3.05, 3.63) is 48.0 Å². The van der Waals surface area contributed by atoms with Gasteiger partial charge in [-0.3, -0.25) is 19.3 Å². The van der Waals surface area contributed by atoms with E-state index in [4.69, 9.17) is 14.2 Å². The van der Waals surface area contributed by atoms with E-state index >= 15 is 0 Å². The monoisotopic (exact) mass is 424 g/mol. The molecule has 2 aliphatic rings. The molecule has 31 heavy (non-hydrogen) atoms. The summed E-state index contributed by atoms with van der Waals surface area (Å²) in [5, 5.41) is 2.86. The number of Topliss-reactive ketones (excluding diaryl/α,β-unsaturated/α-hetero) is 1. The van der Waals surface area contributed by atoms with Crippen molar-refractivity contribution >= 4 is 23.3 Å². The van der Waals surface area contributed by atoms with Gasteiger partial charge in [-0.2, -0.15) is 0 Å². The van der Waals surface area contributed by atoms with E-state index in [1.807, 2.05) is 6.07 Å². The Morgan fingerprint density at radius 1 is 1.16 bits per heavy atom. The van der Waals surface area contributed by atoms with Crippen LogP contribution in [-0.4, -0.2) is 51.0 Å². The van der Waals surface area contributed by atoms with Crippen molar-refractivity contribution in [3.63, 3.8) is 0 Å². The summed E-state index contributed by atoms with van der Waals surface area (Å²) in [5.74, 6) is 1.16. The van der Waals surface area contributed by atoms with Crippen molar-refractivity contribution in [1.82, 2.24) is 5.32 Å². The van der Waals surface area contributed by atoms with Crippen LogP contribution in [0.4, 0.5) is 5.69 Å². The maximum Gasteiger partial charge on any atom is 0.265 e. The minimum Gasteiger partial charge on any atom is -0.493 e. The van der Waals surface area contributed by atoms with E-state index in [9.17, 15) is 14.4 Å². The van der Waals surface area contributed by atoms with E-state index in [-0.39, 0.29) is 37.4 Å². The van der Waals surface area contributed by atoms with E-state index in [0.29, 0.717) is 41.0 Å². The highest BCUT2D eigenvalue weighted by molar-refractivity contribution is 6.04. The first-order valence-corrected chi connectivity index (χ1v) is 10.2. The first kappa shape index (κ1) is 20.7. The predicted molar refractivity (Wildman–Crippen MR) is 113 cm³/mol. The van der Waals surface area contributed by atoms with Gasteiger partial charge < -0.3 is 19.5 Å². The summed E-state index contributed by atoms with van der Waals surface area (Å²) in [6.45, 7) is 0.170. The Balaban J connectivity index is 1.46. The number of fused-ring (bicyclic) bond motifs is 1. The Morgan fingerprint density at radius 3 is 2.68 bits per heavy atom. The number of para-hydroxylation sites is 2. The molecule has 1 saturated carbocycles. The first-order valence-electron chi connectivity index (χ1n) is 10.2. The highest BCUT2D eigenvalue weighted by Gasteiger charge is 2.29. The molecule has 0 spiro atoms. The van der Waals surface area contributed by atoms with Gasteiger partial charge in [-0.15, -0.1) is 0 Å². The summed E-state index contributed by atoms with van der Waals surface area (Å²) in [6.07, 6.45) is 2.25. The number of ketones is 1. The summed E-state index contributed by atoms with van der Waals surface area (Å²) in [6, 6.07) is 11.9. The van der Waals surface area contributed by atoms with E-state index in [1.54, 1.807) is 36.4 Å². The van der Waals surface area contributed by atoms with Crippen LogP contribution in [0, 0.1) is 5.92 Å². The number of carbonyl (C=O) groups is 3. The molecule has 4 rings (SSSR count). The second kappa shape index (κ2) is 9.07. The third-order valence-electron chi connectivity index (χ3n) is 5.24. The summed E-state index contributed by atoms with van der Waals surface area (Å²) in [5.41, 5.74) is 0.760. The Hall–Kier alpha value is -3.55. The van der Waals surface area contributed by atoms with Gasteiger partial charge >= 0.3 is 0 Å². The topological polar surface area (TPSA) is 94.2 Å². The highest BCUT2D eigenvalue weighted by Crippen LogP contribution is 2.33. The molecule has 8 nitrogen and oxygen atoms in total. The molecule has 2 aromatic rings. The van der Waals surface area contributed by atoms with Crippen molar-refractivity contribution in [2.24, 2.45) is 5.92 Å². The predicted octanol–water partition coefficient (Wildman–Crippen LogP) is 2.21. The molecule has 1 fully saturated rings. The molecule has 0 atom stereocenters. The van der Waals surface area contributed by atoms with Crippen molar-refractivity contribution in [1.29, 1.82) is 0 Å². The maximum atomic E-state index is 12.7. The lowest BCUT2D eigenvalue weighted by Gasteiger charge is -2.29. The summed E-state index contributed by atoms with van der Waals surface area (Å²) < 4.78 is 16.3. The second-order valence-electron chi connectivity index (χ2n) is 7.56. The minimum atomic E-state index is -0.330. The van der Waals surface area contributed by atoms with E-state index in [0.717, 1.165) is 12.8 Å². The Labute approximate surface area is 180 Å². The SMILES string of the molecule is COc1ccccc1OCC(=O)c1ccc2c(c1)N(CC(=O)NCC1CC1)C(=O)CO2. The van der Waals surface area contributed by atoms with Crippen LogP contribution in [0.5, 0.6) is 17.2 Å². The Morgan fingerprint density at radius 2 is 1.94 bits per heavy atom. The van der Waals surface area contributed by atoms with Crippen LogP contribution in [0.1, 0.15) is 23.2 Å². The van der Waals surface area contributed by atoms with Gasteiger partial charge in [-0.05, 0) is 49.1 Å². The summed E-state index contributed by atoms with van der Waals surface area (Å²) in [7, 11) is 1.53. The third-order valence-corrected chi connectivity index (χ3v) is 5.24. The standard InChI is InChI=1S/C23H24N2O6/c1-29-20-4-2-3-5-21(20)30-13-18(26)16-8-9-19-17(10-16)25(23(28)14-31-19)12-22(27)24-11-15-6-7-15/h2-5,8-10,15H,6-7,11-14H2,1H3,(H,24,27). The number of benzene rings is 2. The molecule has 0 bridgehead atoms. The van der Waals surface area contributed by atoms with Gasteiger partial charge in [0.1, 0.15) is 12.3 Å². The number of hydrogen-bond acceptors (Lipinski definition) is 6. The molecule has 2 amide bonds. The molecule has 2 aromatic carbocycles. The van der Waals surface area contributed by atoms with Gasteiger partial charge in [0.25, 0.3) is 5.91 Å². The fourth-order valence-corrected chi connectivity index (χ4v) is 3.29. The molecular formula is C23H24N2O6. The van der Waals surface area contributed by atoms with E-state index < -0.39 is 0 Å². The molecule has 1 aliphatic heterocycles. The number of nitrogens with one attached hydrogen (secondary N) is 1. The fraction of sp³-hybridized carbons (Fsp3) is 0.348. The number of anilines is 1. The average Bonchev–Trinajstić information content (AvgIpc) is 3.62. The van der Waals surface area contributed by atoms with E-state index in [2.05, 4.69) is 5.32 Å². The largest absolute Gasteiger partial charge is 0.493 e. The molecule has 1 heterocycles. The Kier molecular flexibility index (Phi) is 6.06. The zero-order valence-electron chi connectivity index (χ0n) is 17.3. The summed E-state index contributed by atoms with van der Waals surface area (Å²) in [4.78, 5) is 38.8. The molecule has 1 N–H and O–H groups in total. The highest BCUT2D eigenvalue weighted by atomic mass is 16.5. The van der Waals surface area contributed by atoms with Crippen LogP contribution in [0.2, 0.25) is 0 Å². The lowest BCUT2D eigenvalue weighted by Crippen LogP contribution is -2.45. The molecule has 0 unspecified atom stereocenters. The average molecular weight is 424 g/mol. The molecule has 0 saturated heterocycles. The van der Waals surface area contributed by atoms with Gasteiger partial charge in [-0.1, -0.05) is 12.1 Å². The molecule has 1 aliphatic carbocycles. The van der Waals surface area contributed by atoms with Gasteiger partial charge in [-0.25, -0.2) is 0 Å². The minimum absolute atomic E-state index is 0.114.